The average molecular weight is 250 g/mol. The minimum Gasteiger partial charge on any atom is -0.358 e. The van der Waals surface area contributed by atoms with Crippen LogP contribution in [0.15, 0.2) is 54.6 Å². The molecule has 1 heterocycles. The minimum atomic E-state index is 0.220. The Balaban J connectivity index is 2.19. The molecule has 1 atom stereocenters. The Kier molecular flexibility index (Phi) is 3.10. The van der Waals surface area contributed by atoms with E-state index in [-0.39, 0.29) is 6.04 Å². The molecule has 0 saturated heterocycles. The van der Waals surface area contributed by atoms with Crippen LogP contribution in [0.1, 0.15) is 22.9 Å². The monoisotopic (exact) mass is 250 g/mol. The van der Waals surface area contributed by atoms with E-state index in [4.69, 9.17) is 0 Å². The van der Waals surface area contributed by atoms with Crippen molar-refractivity contribution in [3.05, 3.63) is 71.4 Å². The smallest absolute Gasteiger partial charge is 0.0598 e. The lowest BCUT2D eigenvalue weighted by Crippen LogP contribution is -2.18. The molecule has 19 heavy (non-hydrogen) atoms. The van der Waals surface area contributed by atoms with Crippen molar-refractivity contribution in [2.75, 3.05) is 7.05 Å². The molecule has 0 aliphatic rings. The standard InChI is InChI=1S/C17H18N2/c1-12-16(14-10-6-7-11-15(14)19-12)17(18-2)13-8-4-3-5-9-13/h3-11,17-19H,1-2H3. The zero-order chi connectivity index (χ0) is 13.2. The fraction of sp³-hybridized carbons (Fsp3) is 0.176. The van der Waals surface area contributed by atoms with Crippen molar-refractivity contribution in [2.24, 2.45) is 0 Å². The van der Waals surface area contributed by atoms with Crippen LogP contribution in [0, 0.1) is 6.92 Å². The number of fused-ring (bicyclic) bond motifs is 1. The van der Waals surface area contributed by atoms with Gasteiger partial charge in [0, 0.05) is 22.2 Å². The average Bonchev–Trinajstić information content (AvgIpc) is 2.78. The molecule has 0 fully saturated rings. The fourth-order valence-electron chi connectivity index (χ4n) is 2.79. The molecular formula is C17H18N2. The number of aryl methyl sites for hydroxylation is 1. The number of para-hydroxylation sites is 1. The lowest BCUT2D eigenvalue weighted by Gasteiger charge is -2.17. The van der Waals surface area contributed by atoms with Crippen LogP contribution in [0.25, 0.3) is 10.9 Å². The Labute approximate surface area is 113 Å². The van der Waals surface area contributed by atoms with Crippen molar-refractivity contribution in [3.63, 3.8) is 0 Å². The molecule has 2 heteroatoms. The van der Waals surface area contributed by atoms with Gasteiger partial charge in [-0.1, -0.05) is 48.5 Å². The summed E-state index contributed by atoms with van der Waals surface area (Å²) in [5, 5.41) is 4.73. The second-order valence-electron chi connectivity index (χ2n) is 4.84. The Morgan fingerprint density at radius 1 is 0.947 bits per heavy atom. The number of aromatic amines is 1. The van der Waals surface area contributed by atoms with E-state index in [1.54, 1.807) is 0 Å². The lowest BCUT2D eigenvalue weighted by atomic mass is 9.96. The molecule has 1 aromatic heterocycles. The third-order valence-corrected chi connectivity index (χ3v) is 3.65. The van der Waals surface area contributed by atoms with Gasteiger partial charge in [0.25, 0.3) is 0 Å². The van der Waals surface area contributed by atoms with Gasteiger partial charge in [-0.3, -0.25) is 0 Å². The van der Waals surface area contributed by atoms with Crippen LogP contribution in [0.2, 0.25) is 0 Å². The number of H-pyrrole nitrogens is 1. The highest BCUT2D eigenvalue weighted by molar-refractivity contribution is 5.85. The summed E-state index contributed by atoms with van der Waals surface area (Å²) in [4.78, 5) is 3.47. The fourth-order valence-corrected chi connectivity index (χ4v) is 2.79. The Hall–Kier alpha value is -2.06. The quantitative estimate of drug-likeness (QED) is 0.727. The highest BCUT2D eigenvalue weighted by atomic mass is 14.9. The SMILES string of the molecule is CNC(c1ccccc1)c1c(C)[nH]c2ccccc12. The molecule has 2 nitrogen and oxygen atoms in total. The van der Waals surface area contributed by atoms with Gasteiger partial charge in [-0.25, -0.2) is 0 Å². The van der Waals surface area contributed by atoms with E-state index < -0.39 is 0 Å². The molecule has 0 aliphatic carbocycles. The van der Waals surface area contributed by atoms with Crippen molar-refractivity contribution < 1.29 is 0 Å². The van der Waals surface area contributed by atoms with E-state index >= 15 is 0 Å². The van der Waals surface area contributed by atoms with E-state index in [9.17, 15) is 0 Å². The van der Waals surface area contributed by atoms with E-state index in [1.165, 1.54) is 27.7 Å². The van der Waals surface area contributed by atoms with Crippen molar-refractivity contribution >= 4 is 10.9 Å². The summed E-state index contributed by atoms with van der Waals surface area (Å²) < 4.78 is 0. The first-order valence-corrected chi connectivity index (χ1v) is 6.60. The van der Waals surface area contributed by atoms with E-state index in [0.717, 1.165) is 0 Å². The largest absolute Gasteiger partial charge is 0.358 e. The second kappa shape index (κ2) is 4.90. The third kappa shape index (κ3) is 2.04. The summed E-state index contributed by atoms with van der Waals surface area (Å²) in [7, 11) is 2.01. The van der Waals surface area contributed by atoms with Gasteiger partial charge in [0.1, 0.15) is 0 Å². The molecule has 3 aromatic rings. The molecule has 96 valence electrons. The summed E-state index contributed by atoms with van der Waals surface area (Å²) in [6.45, 7) is 2.14. The molecule has 2 N–H and O–H groups in total. The van der Waals surface area contributed by atoms with Gasteiger partial charge in [-0.15, -0.1) is 0 Å². The Morgan fingerprint density at radius 2 is 1.63 bits per heavy atom. The number of rotatable bonds is 3. The highest BCUT2D eigenvalue weighted by Crippen LogP contribution is 2.31. The zero-order valence-electron chi connectivity index (χ0n) is 11.3. The van der Waals surface area contributed by atoms with Gasteiger partial charge in [0.05, 0.1) is 6.04 Å². The predicted octanol–water partition coefficient (Wildman–Crippen LogP) is 3.79. The van der Waals surface area contributed by atoms with Gasteiger partial charge in [-0.2, -0.15) is 0 Å². The molecular weight excluding hydrogens is 232 g/mol. The van der Waals surface area contributed by atoms with Crippen LogP contribution in [-0.2, 0) is 0 Å². The molecule has 0 radical (unpaired) electrons. The van der Waals surface area contributed by atoms with Gasteiger partial charge >= 0.3 is 0 Å². The van der Waals surface area contributed by atoms with Crippen LogP contribution in [0.5, 0.6) is 0 Å². The maximum Gasteiger partial charge on any atom is 0.0598 e. The first-order valence-electron chi connectivity index (χ1n) is 6.60. The lowest BCUT2D eigenvalue weighted by molar-refractivity contribution is 0.692. The molecule has 2 aromatic carbocycles. The number of aromatic nitrogens is 1. The van der Waals surface area contributed by atoms with Gasteiger partial charge in [-0.05, 0) is 25.6 Å². The third-order valence-electron chi connectivity index (χ3n) is 3.65. The topological polar surface area (TPSA) is 27.8 Å². The van der Waals surface area contributed by atoms with Gasteiger partial charge in [0.2, 0.25) is 0 Å². The Bertz CT molecular complexity index is 683. The van der Waals surface area contributed by atoms with Crippen molar-refractivity contribution in [1.29, 1.82) is 0 Å². The highest BCUT2D eigenvalue weighted by Gasteiger charge is 2.18. The normalized spacial score (nSPS) is 12.7. The van der Waals surface area contributed by atoms with Gasteiger partial charge in [0.15, 0.2) is 0 Å². The van der Waals surface area contributed by atoms with Crippen molar-refractivity contribution in [3.8, 4) is 0 Å². The van der Waals surface area contributed by atoms with Crippen LogP contribution in [0.3, 0.4) is 0 Å². The molecule has 0 saturated carbocycles. The first kappa shape index (κ1) is 12.0. The number of benzene rings is 2. The molecule has 3 rings (SSSR count). The summed E-state index contributed by atoms with van der Waals surface area (Å²) in [5.74, 6) is 0. The summed E-state index contributed by atoms with van der Waals surface area (Å²) in [5.41, 5.74) is 5.05. The maximum absolute atomic E-state index is 3.47. The van der Waals surface area contributed by atoms with Crippen molar-refractivity contribution in [1.82, 2.24) is 10.3 Å². The summed E-state index contributed by atoms with van der Waals surface area (Å²) in [6, 6.07) is 19.3. The van der Waals surface area contributed by atoms with E-state index in [0.29, 0.717) is 0 Å². The van der Waals surface area contributed by atoms with Crippen LogP contribution in [-0.4, -0.2) is 12.0 Å². The maximum atomic E-state index is 3.47. The molecule has 0 aliphatic heterocycles. The first-order chi connectivity index (χ1) is 9.31. The second-order valence-corrected chi connectivity index (χ2v) is 4.84. The van der Waals surface area contributed by atoms with E-state index in [2.05, 4.69) is 71.8 Å². The van der Waals surface area contributed by atoms with E-state index in [1.807, 2.05) is 7.05 Å². The molecule has 0 spiro atoms. The number of nitrogens with one attached hydrogen (secondary N) is 2. The number of hydrogen-bond donors (Lipinski definition) is 2. The molecule has 1 unspecified atom stereocenters. The molecule has 0 amide bonds. The van der Waals surface area contributed by atoms with Crippen LogP contribution in [0.4, 0.5) is 0 Å². The Morgan fingerprint density at radius 3 is 2.37 bits per heavy atom. The summed E-state index contributed by atoms with van der Waals surface area (Å²) in [6.07, 6.45) is 0. The van der Waals surface area contributed by atoms with Crippen LogP contribution >= 0.6 is 0 Å². The summed E-state index contributed by atoms with van der Waals surface area (Å²) >= 11 is 0. The zero-order valence-corrected chi connectivity index (χ0v) is 11.3. The minimum absolute atomic E-state index is 0.220. The van der Waals surface area contributed by atoms with Crippen LogP contribution < -0.4 is 5.32 Å². The molecule has 0 bridgehead atoms. The predicted molar refractivity (Wildman–Crippen MR) is 80.4 cm³/mol. The number of hydrogen-bond acceptors (Lipinski definition) is 1. The van der Waals surface area contributed by atoms with Gasteiger partial charge < -0.3 is 10.3 Å². The van der Waals surface area contributed by atoms with Crippen molar-refractivity contribution in [2.45, 2.75) is 13.0 Å².